The van der Waals surface area contributed by atoms with E-state index in [9.17, 15) is 9.59 Å². The molecule has 0 bridgehead atoms. The molecule has 1 aliphatic rings. The molecule has 1 aromatic carbocycles. The van der Waals surface area contributed by atoms with Gasteiger partial charge in [0.2, 0.25) is 11.6 Å². The van der Waals surface area contributed by atoms with Gasteiger partial charge < -0.3 is 13.3 Å². The van der Waals surface area contributed by atoms with Crippen LogP contribution in [0, 0.1) is 0 Å². The number of rotatable bonds is 16. The van der Waals surface area contributed by atoms with Gasteiger partial charge >= 0.3 is 8.80 Å². The van der Waals surface area contributed by atoms with Crippen molar-refractivity contribution < 1.29 is 22.9 Å². The number of thioether (sulfide) groups is 1. The molecule has 0 saturated carbocycles. The maximum atomic E-state index is 12.7. The Labute approximate surface area is 202 Å². The second-order valence-electron chi connectivity index (χ2n) is 7.55. The molecule has 2 rings (SSSR count). The third-order valence-electron chi connectivity index (χ3n) is 5.24. The fourth-order valence-corrected chi connectivity index (χ4v) is 7.83. The van der Waals surface area contributed by atoms with Crippen LogP contribution in [0.2, 0.25) is 6.04 Å². The number of carbonyl (C=O) groups is 2. The lowest BCUT2D eigenvalue weighted by Crippen LogP contribution is -2.45. The van der Waals surface area contributed by atoms with E-state index >= 15 is 0 Å². The topological polar surface area (TPSA) is 61.8 Å². The molecule has 0 heterocycles. The molecule has 0 atom stereocenters. The van der Waals surface area contributed by atoms with Crippen LogP contribution in [0.3, 0.4) is 0 Å². The Morgan fingerprint density at radius 1 is 0.781 bits per heavy atom. The van der Waals surface area contributed by atoms with Gasteiger partial charge in [0.1, 0.15) is 5.03 Å². The number of unbranched alkanes of at least 4 members (excludes halogenated alkanes) is 5. The lowest BCUT2D eigenvalue weighted by Gasteiger charge is -2.28. The number of fused-ring (bicyclic) bond motifs is 1. The molecule has 0 unspecified atom stereocenters. The van der Waals surface area contributed by atoms with Crippen LogP contribution in [0.5, 0.6) is 0 Å². The van der Waals surface area contributed by atoms with Crippen LogP contribution in [-0.4, -0.2) is 45.9 Å². The van der Waals surface area contributed by atoms with Gasteiger partial charge in [-0.15, -0.1) is 11.8 Å². The van der Waals surface area contributed by atoms with Gasteiger partial charge in [-0.2, -0.15) is 0 Å². The van der Waals surface area contributed by atoms with Crippen LogP contribution in [0.25, 0.3) is 0 Å². The standard InChI is InChI=1S/C24H35ClO5SSi/c1-4-28-32(29-5-2,30-6-3)18-14-10-8-7-9-13-17-31-24-21(25)22(26)19-15-11-12-16-20(19)23(24)27/h11-12,15-16H,4-10,13-14,17-18H2,1-3H3. The fourth-order valence-electron chi connectivity index (χ4n) is 3.78. The molecule has 32 heavy (non-hydrogen) atoms. The van der Waals surface area contributed by atoms with Crippen molar-refractivity contribution >= 4 is 43.7 Å². The predicted molar refractivity (Wildman–Crippen MR) is 134 cm³/mol. The molecule has 178 valence electrons. The maximum absolute atomic E-state index is 12.7. The molecule has 5 nitrogen and oxygen atoms in total. The number of Topliss-reactive ketones (excluding diaryl/α,β-unsaturated/α-hetero) is 2. The van der Waals surface area contributed by atoms with Crippen molar-refractivity contribution in [3.63, 3.8) is 0 Å². The fraction of sp³-hybridized carbons (Fsp3) is 0.583. The zero-order valence-electron chi connectivity index (χ0n) is 19.4. The Hall–Kier alpha value is -0.963. The Bertz CT molecular complexity index is 781. The van der Waals surface area contributed by atoms with Crippen molar-refractivity contribution in [3.05, 3.63) is 45.3 Å². The Morgan fingerprint density at radius 2 is 1.28 bits per heavy atom. The number of halogens is 1. The Morgan fingerprint density at radius 3 is 1.84 bits per heavy atom. The van der Waals surface area contributed by atoms with E-state index < -0.39 is 8.80 Å². The second-order valence-corrected chi connectivity index (χ2v) is 11.8. The largest absolute Gasteiger partial charge is 0.500 e. The zero-order chi connectivity index (χ0) is 23.4. The third-order valence-corrected chi connectivity index (χ3v) is 10.0. The smallest absolute Gasteiger partial charge is 0.374 e. The highest BCUT2D eigenvalue weighted by atomic mass is 35.5. The van der Waals surface area contributed by atoms with Crippen LogP contribution in [0.4, 0.5) is 0 Å². The molecule has 0 radical (unpaired) electrons. The molecule has 1 aliphatic carbocycles. The number of carbonyl (C=O) groups excluding carboxylic acids is 2. The highest BCUT2D eigenvalue weighted by Crippen LogP contribution is 2.35. The third kappa shape index (κ3) is 7.54. The van der Waals surface area contributed by atoms with Gasteiger partial charge in [-0.05, 0) is 39.4 Å². The SMILES string of the molecule is CCO[Si](CCCCCCCCSC1=C(Cl)C(=O)c2ccccc2C1=O)(OCC)OCC. The number of allylic oxidation sites excluding steroid dienone is 2. The average molecular weight is 499 g/mol. The van der Waals surface area contributed by atoms with E-state index in [0.29, 0.717) is 35.9 Å². The molecular weight excluding hydrogens is 464 g/mol. The van der Waals surface area contributed by atoms with E-state index in [-0.39, 0.29) is 16.6 Å². The van der Waals surface area contributed by atoms with Crippen LogP contribution in [-0.2, 0) is 13.3 Å². The normalized spacial score (nSPS) is 14.2. The zero-order valence-corrected chi connectivity index (χ0v) is 22.0. The summed E-state index contributed by atoms with van der Waals surface area (Å²) in [5.41, 5.74) is 0.854. The Balaban J connectivity index is 1.67. The highest BCUT2D eigenvalue weighted by Gasteiger charge is 2.39. The summed E-state index contributed by atoms with van der Waals surface area (Å²) in [6.07, 6.45) is 6.51. The summed E-state index contributed by atoms with van der Waals surface area (Å²) in [5, 5.41) is 0.0595. The first-order valence-electron chi connectivity index (χ1n) is 11.6. The van der Waals surface area contributed by atoms with Crippen LogP contribution < -0.4 is 0 Å². The van der Waals surface area contributed by atoms with Gasteiger partial charge in [-0.25, -0.2) is 0 Å². The maximum Gasteiger partial charge on any atom is 0.500 e. The summed E-state index contributed by atoms with van der Waals surface area (Å²) in [5.74, 6) is 0.387. The van der Waals surface area contributed by atoms with Gasteiger partial charge in [0.25, 0.3) is 0 Å². The number of hydrogen-bond donors (Lipinski definition) is 0. The van der Waals surface area contributed by atoms with Crippen molar-refractivity contribution in [2.45, 2.75) is 65.3 Å². The van der Waals surface area contributed by atoms with Crippen molar-refractivity contribution in [2.75, 3.05) is 25.6 Å². The quantitative estimate of drug-likeness (QED) is 0.188. The summed E-state index contributed by atoms with van der Waals surface area (Å²) in [7, 11) is -2.52. The minimum Gasteiger partial charge on any atom is -0.374 e. The Kier molecular flexibility index (Phi) is 12.2. The highest BCUT2D eigenvalue weighted by molar-refractivity contribution is 8.04. The molecule has 0 spiro atoms. The average Bonchev–Trinajstić information content (AvgIpc) is 2.79. The van der Waals surface area contributed by atoms with Gasteiger partial charge in [-0.3, -0.25) is 9.59 Å². The minimum atomic E-state index is -2.52. The first-order chi connectivity index (χ1) is 15.5. The van der Waals surface area contributed by atoms with Crippen molar-refractivity contribution in [1.82, 2.24) is 0 Å². The van der Waals surface area contributed by atoms with Gasteiger partial charge in [-0.1, -0.05) is 61.5 Å². The number of benzene rings is 1. The van der Waals surface area contributed by atoms with Gasteiger partial charge in [0, 0.05) is 37.0 Å². The summed E-state index contributed by atoms with van der Waals surface area (Å²) >= 11 is 7.62. The molecule has 1 aromatic rings. The van der Waals surface area contributed by atoms with E-state index in [1.807, 2.05) is 20.8 Å². The van der Waals surface area contributed by atoms with Crippen LogP contribution in [0.15, 0.2) is 34.2 Å². The predicted octanol–water partition coefficient (Wildman–Crippen LogP) is 6.64. The number of hydrogen-bond acceptors (Lipinski definition) is 6. The van der Waals surface area contributed by atoms with E-state index in [2.05, 4.69) is 0 Å². The van der Waals surface area contributed by atoms with Crippen molar-refractivity contribution in [3.8, 4) is 0 Å². The second kappa shape index (κ2) is 14.3. The van der Waals surface area contributed by atoms with Crippen molar-refractivity contribution in [2.24, 2.45) is 0 Å². The first kappa shape index (κ1) is 27.3. The van der Waals surface area contributed by atoms with Gasteiger partial charge in [0.15, 0.2) is 0 Å². The van der Waals surface area contributed by atoms with E-state index in [1.54, 1.807) is 24.3 Å². The molecule has 0 N–H and O–H groups in total. The van der Waals surface area contributed by atoms with Gasteiger partial charge in [0.05, 0.1) is 4.91 Å². The summed E-state index contributed by atoms with van der Waals surface area (Å²) < 4.78 is 17.7. The van der Waals surface area contributed by atoms with E-state index in [0.717, 1.165) is 50.3 Å². The van der Waals surface area contributed by atoms with E-state index in [4.69, 9.17) is 24.9 Å². The van der Waals surface area contributed by atoms with Crippen LogP contribution in [0.1, 0.15) is 80.0 Å². The lowest BCUT2D eigenvalue weighted by molar-refractivity contribution is 0.0706. The summed E-state index contributed by atoms with van der Waals surface area (Å²) in [6.45, 7) is 7.79. The molecule has 0 aromatic heterocycles. The summed E-state index contributed by atoms with van der Waals surface area (Å²) in [4.78, 5) is 25.5. The molecule has 0 saturated heterocycles. The molecule has 8 heteroatoms. The minimum absolute atomic E-state index is 0.0595. The molecular formula is C24H35ClO5SSi. The van der Waals surface area contributed by atoms with E-state index in [1.165, 1.54) is 11.8 Å². The molecule has 0 amide bonds. The first-order valence-corrected chi connectivity index (χ1v) is 14.9. The monoisotopic (exact) mass is 498 g/mol. The number of ketones is 2. The lowest BCUT2D eigenvalue weighted by atomic mass is 9.95. The summed E-state index contributed by atoms with van der Waals surface area (Å²) in [6, 6.07) is 7.74. The van der Waals surface area contributed by atoms with Crippen LogP contribution >= 0.6 is 23.4 Å². The van der Waals surface area contributed by atoms with Crippen molar-refractivity contribution in [1.29, 1.82) is 0 Å². The molecule has 0 fully saturated rings. The molecule has 0 aliphatic heterocycles.